The molecule has 0 bridgehead atoms. The van der Waals surface area contributed by atoms with E-state index in [1.807, 2.05) is 12.3 Å². The van der Waals surface area contributed by atoms with Crippen molar-refractivity contribution in [1.29, 1.82) is 0 Å². The Labute approximate surface area is 153 Å². The van der Waals surface area contributed by atoms with Gasteiger partial charge in [0, 0.05) is 24.2 Å². The standard InChI is InChI=1S/C21H34N4/c1-4-25(5-2)17-8-10-18(3)22-15-9-16-23-20-13-6-11-19-12-7-14-24-21(19)20/h6-7,11-14,18,22-23H,4-5,8-10,15-17H2,1-3H3/t18-/m1/s1. The smallest absolute Gasteiger partial charge is 0.0933 e. The van der Waals surface area contributed by atoms with Crippen LogP contribution in [0.4, 0.5) is 5.69 Å². The van der Waals surface area contributed by atoms with E-state index >= 15 is 0 Å². The van der Waals surface area contributed by atoms with Gasteiger partial charge in [0.15, 0.2) is 0 Å². The number of aromatic nitrogens is 1. The molecule has 1 aromatic carbocycles. The van der Waals surface area contributed by atoms with E-state index in [-0.39, 0.29) is 0 Å². The molecule has 138 valence electrons. The van der Waals surface area contributed by atoms with Gasteiger partial charge in [-0.2, -0.15) is 0 Å². The van der Waals surface area contributed by atoms with Crippen molar-refractivity contribution in [2.24, 2.45) is 0 Å². The topological polar surface area (TPSA) is 40.2 Å². The molecule has 25 heavy (non-hydrogen) atoms. The van der Waals surface area contributed by atoms with Crippen molar-refractivity contribution in [2.45, 2.75) is 46.1 Å². The highest BCUT2D eigenvalue weighted by Crippen LogP contribution is 2.20. The summed E-state index contributed by atoms with van der Waals surface area (Å²) in [6.07, 6.45) is 5.49. The van der Waals surface area contributed by atoms with Gasteiger partial charge >= 0.3 is 0 Å². The first kappa shape index (κ1) is 19.7. The fraction of sp³-hybridized carbons (Fsp3) is 0.571. The number of pyridine rings is 1. The Bertz CT molecular complexity index is 604. The number of fused-ring (bicyclic) bond motifs is 1. The Morgan fingerprint density at radius 2 is 1.84 bits per heavy atom. The third-order valence-corrected chi connectivity index (χ3v) is 4.80. The first-order chi connectivity index (χ1) is 12.2. The molecule has 4 heteroatoms. The van der Waals surface area contributed by atoms with Gasteiger partial charge in [-0.05, 0) is 64.5 Å². The van der Waals surface area contributed by atoms with E-state index in [0.717, 1.165) is 43.8 Å². The lowest BCUT2D eigenvalue weighted by Gasteiger charge is -2.19. The lowest BCUT2D eigenvalue weighted by molar-refractivity contribution is 0.290. The number of hydrogen-bond acceptors (Lipinski definition) is 4. The largest absolute Gasteiger partial charge is 0.383 e. The SMILES string of the molecule is CCN(CC)CCC[C@@H](C)NCCCNc1cccc2cccnc12. The number of nitrogens with one attached hydrogen (secondary N) is 2. The van der Waals surface area contributed by atoms with Crippen LogP contribution in [0, 0.1) is 0 Å². The summed E-state index contributed by atoms with van der Waals surface area (Å²) in [5, 5.41) is 8.35. The fourth-order valence-corrected chi connectivity index (χ4v) is 3.17. The predicted octanol–water partition coefficient (Wildman–Crippen LogP) is 4.14. The molecule has 0 aliphatic heterocycles. The summed E-state index contributed by atoms with van der Waals surface area (Å²) >= 11 is 0. The van der Waals surface area contributed by atoms with Crippen molar-refractivity contribution >= 4 is 16.6 Å². The normalized spacial score (nSPS) is 12.6. The van der Waals surface area contributed by atoms with Crippen LogP contribution in [0.25, 0.3) is 10.9 Å². The second-order valence-electron chi connectivity index (χ2n) is 6.69. The van der Waals surface area contributed by atoms with E-state index in [1.165, 1.54) is 24.8 Å². The minimum absolute atomic E-state index is 0.592. The highest BCUT2D eigenvalue weighted by atomic mass is 15.1. The molecular weight excluding hydrogens is 308 g/mol. The van der Waals surface area contributed by atoms with Crippen LogP contribution >= 0.6 is 0 Å². The zero-order valence-electron chi connectivity index (χ0n) is 16.1. The summed E-state index contributed by atoms with van der Waals surface area (Å²) in [6.45, 7) is 12.3. The van der Waals surface area contributed by atoms with Crippen LogP contribution in [-0.4, -0.2) is 48.6 Å². The number of nitrogens with zero attached hydrogens (tertiary/aromatic N) is 2. The maximum absolute atomic E-state index is 4.49. The third-order valence-electron chi connectivity index (χ3n) is 4.80. The molecule has 0 saturated carbocycles. The molecular formula is C21H34N4. The van der Waals surface area contributed by atoms with Gasteiger partial charge < -0.3 is 15.5 Å². The molecule has 0 unspecified atom stereocenters. The van der Waals surface area contributed by atoms with Crippen molar-refractivity contribution < 1.29 is 0 Å². The van der Waals surface area contributed by atoms with E-state index in [4.69, 9.17) is 0 Å². The molecule has 1 heterocycles. The van der Waals surface area contributed by atoms with E-state index in [2.05, 4.69) is 65.6 Å². The van der Waals surface area contributed by atoms with Crippen LogP contribution in [0.5, 0.6) is 0 Å². The molecule has 2 aromatic rings. The molecule has 0 aliphatic carbocycles. The summed E-state index contributed by atoms with van der Waals surface area (Å²) in [5.41, 5.74) is 2.19. The molecule has 0 spiro atoms. The van der Waals surface area contributed by atoms with Gasteiger partial charge in [-0.1, -0.05) is 32.0 Å². The van der Waals surface area contributed by atoms with E-state index in [0.29, 0.717) is 6.04 Å². The Morgan fingerprint density at radius 1 is 1.04 bits per heavy atom. The number of benzene rings is 1. The van der Waals surface area contributed by atoms with Gasteiger partial charge in [-0.3, -0.25) is 4.98 Å². The molecule has 4 nitrogen and oxygen atoms in total. The van der Waals surface area contributed by atoms with Crippen LogP contribution in [0.3, 0.4) is 0 Å². The summed E-state index contributed by atoms with van der Waals surface area (Å²) < 4.78 is 0. The number of para-hydroxylation sites is 1. The van der Waals surface area contributed by atoms with Gasteiger partial charge in [-0.25, -0.2) is 0 Å². The van der Waals surface area contributed by atoms with Gasteiger partial charge in [0.25, 0.3) is 0 Å². The minimum Gasteiger partial charge on any atom is -0.383 e. The zero-order chi connectivity index (χ0) is 17.9. The first-order valence-corrected chi connectivity index (χ1v) is 9.78. The summed E-state index contributed by atoms with van der Waals surface area (Å²) in [7, 11) is 0. The third kappa shape index (κ3) is 6.63. The number of rotatable bonds is 12. The molecule has 0 saturated heterocycles. The molecule has 2 N–H and O–H groups in total. The maximum Gasteiger partial charge on any atom is 0.0933 e. The van der Waals surface area contributed by atoms with Crippen LogP contribution < -0.4 is 10.6 Å². The Morgan fingerprint density at radius 3 is 2.64 bits per heavy atom. The Kier molecular flexibility index (Phi) is 8.70. The van der Waals surface area contributed by atoms with Crippen molar-refractivity contribution in [1.82, 2.24) is 15.2 Å². The lowest BCUT2D eigenvalue weighted by Crippen LogP contribution is -2.30. The molecule has 0 amide bonds. The van der Waals surface area contributed by atoms with Gasteiger partial charge in [-0.15, -0.1) is 0 Å². The number of hydrogen-bond donors (Lipinski definition) is 2. The van der Waals surface area contributed by atoms with Gasteiger partial charge in [0.05, 0.1) is 11.2 Å². The quantitative estimate of drug-likeness (QED) is 0.569. The summed E-state index contributed by atoms with van der Waals surface area (Å²) in [4.78, 5) is 6.98. The van der Waals surface area contributed by atoms with Crippen molar-refractivity contribution in [2.75, 3.05) is 38.0 Å². The molecule has 0 fully saturated rings. The maximum atomic E-state index is 4.49. The van der Waals surface area contributed by atoms with Crippen LogP contribution in [0.1, 0.15) is 40.0 Å². The molecule has 1 atom stereocenters. The van der Waals surface area contributed by atoms with E-state index in [9.17, 15) is 0 Å². The highest BCUT2D eigenvalue weighted by molar-refractivity contribution is 5.90. The molecule has 1 aromatic heterocycles. The second kappa shape index (κ2) is 11.1. The van der Waals surface area contributed by atoms with Crippen LogP contribution in [0.15, 0.2) is 36.5 Å². The zero-order valence-corrected chi connectivity index (χ0v) is 16.1. The highest BCUT2D eigenvalue weighted by Gasteiger charge is 2.04. The average molecular weight is 343 g/mol. The Balaban J connectivity index is 1.61. The van der Waals surface area contributed by atoms with Crippen molar-refractivity contribution in [3.63, 3.8) is 0 Å². The van der Waals surface area contributed by atoms with E-state index in [1.54, 1.807) is 0 Å². The molecule has 0 radical (unpaired) electrons. The van der Waals surface area contributed by atoms with Crippen LogP contribution in [0.2, 0.25) is 0 Å². The number of anilines is 1. The van der Waals surface area contributed by atoms with Crippen LogP contribution in [-0.2, 0) is 0 Å². The summed E-state index contributed by atoms with van der Waals surface area (Å²) in [5.74, 6) is 0. The van der Waals surface area contributed by atoms with Crippen molar-refractivity contribution in [3.05, 3.63) is 36.5 Å². The van der Waals surface area contributed by atoms with E-state index < -0.39 is 0 Å². The molecule has 2 rings (SSSR count). The Hall–Kier alpha value is -1.65. The van der Waals surface area contributed by atoms with Gasteiger partial charge in [0.2, 0.25) is 0 Å². The second-order valence-corrected chi connectivity index (χ2v) is 6.69. The lowest BCUT2D eigenvalue weighted by atomic mass is 10.1. The average Bonchev–Trinajstić information content (AvgIpc) is 2.65. The van der Waals surface area contributed by atoms with Gasteiger partial charge in [0.1, 0.15) is 0 Å². The minimum atomic E-state index is 0.592. The monoisotopic (exact) mass is 342 g/mol. The first-order valence-electron chi connectivity index (χ1n) is 9.78. The predicted molar refractivity (Wildman–Crippen MR) is 109 cm³/mol. The fourth-order valence-electron chi connectivity index (χ4n) is 3.17. The molecule has 0 aliphatic rings. The van der Waals surface area contributed by atoms with Crippen molar-refractivity contribution in [3.8, 4) is 0 Å². The summed E-state index contributed by atoms with van der Waals surface area (Å²) in [6, 6.07) is 11.0.